The lowest BCUT2D eigenvalue weighted by atomic mass is 9.98. The molecule has 2 heteroatoms. The van der Waals surface area contributed by atoms with Gasteiger partial charge in [0.1, 0.15) is 0 Å². The zero-order valence-corrected chi connectivity index (χ0v) is 7.55. The Kier molecular flexibility index (Phi) is 3.34. The van der Waals surface area contributed by atoms with E-state index >= 15 is 0 Å². The quantitative estimate of drug-likeness (QED) is 0.674. The van der Waals surface area contributed by atoms with Gasteiger partial charge >= 0.3 is 0 Å². The molecule has 2 atom stereocenters. The molecule has 2 nitrogen and oxygen atoms in total. The van der Waals surface area contributed by atoms with Crippen molar-refractivity contribution in [1.82, 2.24) is 0 Å². The van der Waals surface area contributed by atoms with E-state index in [2.05, 4.69) is 13.8 Å². The SMILES string of the molecule is CC(C)C(N)CC1CCCO1. The normalized spacial score (nSPS) is 27.8. The van der Waals surface area contributed by atoms with E-state index < -0.39 is 0 Å². The van der Waals surface area contributed by atoms with Crippen molar-refractivity contribution in [3.05, 3.63) is 0 Å². The fraction of sp³-hybridized carbons (Fsp3) is 1.00. The Morgan fingerprint density at radius 2 is 2.27 bits per heavy atom. The average Bonchev–Trinajstić information content (AvgIpc) is 2.39. The van der Waals surface area contributed by atoms with Crippen molar-refractivity contribution < 1.29 is 4.74 Å². The predicted octanol–water partition coefficient (Wildman–Crippen LogP) is 1.54. The third-order valence-corrected chi connectivity index (χ3v) is 2.42. The van der Waals surface area contributed by atoms with Crippen LogP contribution < -0.4 is 5.73 Å². The van der Waals surface area contributed by atoms with E-state index in [1.807, 2.05) is 0 Å². The van der Waals surface area contributed by atoms with Gasteiger partial charge in [-0.25, -0.2) is 0 Å². The van der Waals surface area contributed by atoms with Crippen molar-refractivity contribution in [2.75, 3.05) is 6.61 Å². The summed E-state index contributed by atoms with van der Waals surface area (Å²) in [6.07, 6.45) is 3.92. The monoisotopic (exact) mass is 157 g/mol. The van der Waals surface area contributed by atoms with Crippen LogP contribution in [0.2, 0.25) is 0 Å². The van der Waals surface area contributed by atoms with Crippen molar-refractivity contribution in [2.24, 2.45) is 11.7 Å². The summed E-state index contributed by atoms with van der Waals surface area (Å²) in [6.45, 7) is 5.27. The minimum atomic E-state index is 0.318. The van der Waals surface area contributed by atoms with Crippen molar-refractivity contribution in [3.8, 4) is 0 Å². The smallest absolute Gasteiger partial charge is 0.0590 e. The molecule has 0 aromatic heterocycles. The van der Waals surface area contributed by atoms with Crippen molar-refractivity contribution in [1.29, 1.82) is 0 Å². The van der Waals surface area contributed by atoms with E-state index in [-0.39, 0.29) is 0 Å². The van der Waals surface area contributed by atoms with Crippen molar-refractivity contribution in [3.63, 3.8) is 0 Å². The second kappa shape index (κ2) is 4.07. The van der Waals surface area contributed by atoms with Crippen LogP contribution in [0.4, 0.5) is 0 Å². The van der Waals surface area contributed by atoms with Crippen LogP contribution in [0.5, 0.6) is 0 Å². The molecule has 11 heavy (non-hydrogen) atoms. The zero-order chi connectivity index (χ0) is 8.27. The van der Waals surface area contributed by atoms with Gasteiger partial charge in [0.25, 0.3) is 0 Å². The Hall–Kier alpha value is -0.0800. The summed E-state index contributed by atoms with van der Waals surface area (Å²) < 4.78 is 5.49. The lowest BCUT2D eigenvalue weighted by Gasteiger charge is -2.18. The molecular formula is C9H19NO. The second-order valence-electron chi connectivity index (χ2n) is 3.78. The number of rotatable bonds is 3. The summed E-state index contributed by atoms with van der Waals surface area (Å²) in [5.74, 6) is 0.583. The Morgan fingerprint density at radius 1 is 1.55 bits per heavy atom. The Bertz CT molecular complexity index is 108. The number of hydrogen-bond acceptors (Lipinski definition) is 2. The molecule has 1 heterocycles. The summed E-state index contributed by atoms with van der Waals surface area (Å²) in [5.41, 5.74) is 5.92. The van der Waals surface area contributed by atoms with E-state index in [9.17, 15) is 0 Å². The molecule has 0 saturated carbocycles. The molecule has 1 fully saturated rings. The molecule has 0 spiro atoms. The Morgan fingerprint density at radius 3 is 2.73 bits per heavy atom. The van der Waals surface area contributed by atoms with Crippen molar-refractivity contribution >= 4 is 0 Å². The van der Waals surface area contributed by atoms with E-state index in [0.717, 1.165) is 13.0 Å². The first-order valence-corrected chi connectivity index (χ1v) is 4.57. The first-order chi connectivity index (χ1) is 5.20. The van der Waals surface area contributed by atoms with Gasteiger partial charge in [-0.2, -0.15) is 0 Å². The van der Waals surface area contributed by atoms with Crippen LogP contribution in [0.25, 0.3) is 0 Å². The highest BCUT2D eigenvalue weighted by Crippen LogP contribution is 2.18. The minimum Gasteiger partial charge on any atom is -0.378 e. The zero-order valence-electron chi connectivity index (χ0n) is 7.55. The second-order valence-corrected chi connectivity index (χ2v) is 3.78. The highest BCUT2D eigenvalue weighted by molar-refractivity contribution is 4.74. The third-order valence-electron chi connectivity index (χ3n) is 2.42. The summed E-state index contributed by atoms with van der Waals surface area (Å²) in [4.78, 5) is 0. The van der Waals surface area contributed by atoms with Gasteiger partial charge in [-0.3, -0.25) is 0 Å². The Balaban J connectivity index is 2.18. The third kappa shape index (κ3) is 2.80. The summed E-state index contributed by atoms with van der Waals surface area (Å²) in [7, 11) is 0. The first-order valence-electron chi connectivity index (χ1n) is 4.57. The van der Waals surface area contributed by atoms with Crippen LogP contribution in [0, 0.1) is 5.92 Å². The maximum atomic E-state index is 5.92. The molecule has 66 valence electrons. The maximum Gasteiger partial charge on any atom is 0.0590 e. The Labute approximate surface area is 69.1 Å². The molecule has 0 amide bonds. The van der Waals surface area contributed by atoms with Crippen LogP contribution in [0.3, 0.4) is 0 Å². The highest BCUT2D eigenvalue weighted by Gasteiger charge is 2.19. The van der Waals surface area contributed by atoms with Gasteiger partial charge in [-0.1, -0.05) is 13.8 Å². The summed E-state index contributed by atoms with van der Waals surface area (Å²) >= 11 is 0. The molecule has 2 N–H and O–H groups in total. The molecule has 0 bridgehead atoms. The van der Waals surface area contributed by atoms with Crippen molar-refractivity contribution in [2.45, 2.75) is 45.3 Å². The fourth-order valence-electron chi connectivity index (χ4n) is 1.41. The molecule has 0 radical (unpaired) electrons. The van der Waals surface area contributed by atoms with Crippen LogP contribution in [0.1, 0.15) is 33.1 Å². The van der Waals surface area contributed by atoms with Gasteiger partial charge in [0.15, 0.2) is 0 Å². The summed E-state index contributed by atoms with van der Waals surface area (Å²) in [6, 6.07) is 0.318. The molecular weight excluding hydrogens is 138 g/mol. The lowest BCUT2D eigenvalue weighted by Crippen LogP contribution is -2.30. The van der Waals surface area contributed by atoms with E-state index in [4.69, 9.17) is 10.5 Å². The summed E-state index contributed by atoms with van der Waals surface area (Å²) in [5, 5.41) is 0. The van der Waals surface area contributed by atoms with Gasteiger partial charge in [0.2, 0.25) is 0 Å². The molecule has 1 aliphatic heterocycles. The van der Waals surface area contributed by atoms with E-state index in [1.165, 1.54) is 12.8 Å². The van der Waals surface area contributed by atoms with Crippen LogP contribution >= 0.6 is 0 Å². The molecule has 0 aliphatic carbocycles. The van der Waals surface area contributed by atoms with Crippen LogP contribution in [-0.2, 0) is 4.74 Å². The van der Waals surface area contributed by atoms with Gasteiger partial charge < -0.3 is 10.5 Å². The first kappa shape index (κ1) is 9.01. The molecule has 2 unspecified atom stereocenters. The van der Waals surface area contributed by atoms with Crippen LogP contribution in [0.15, 0.2) is 0 Å². The predicted molar refractivity (Wildman–Crippen MR) is 46.4 cm³/mol. The van der Waals surface area contributed by atoms with E-state index in [0.29, 0.717) is 18.1 Å². The lowest BCUT2D eigenvalue weighted by molar-refractivity contribution is 0.0940. The fourth-order valence-corrected chi connectivity index (χ4v) is 1.41. The minimum absolute atomic E-state index is 0.318. The molecule has 0 aromatic carbocycles. The highest BCUT2D eigenvalue weighted by atomic mass is 16.5. The standard InChI is InChI=1S/C9H19NO/c1-7(2)9(10)6-8-4-3-5-11-8/h7-9H,3-6,10H2,1-2H3. The largest absolute Gasteiger partial charge is 0.378 e. The number of hydrogen-bond donors (Lipinski definition) is 1. The van der Waals surface area contributed by atoms with Crippen LogP contribution in [-0.4, -0.2) is 18.8 Å². The van der Waals surface area contributed by atoms with Gasteiger partial charge in [0.05, 0.1) is 6.10 Å². The van der Waals surface area contributed by atoms with Gasteiger partial charge in [0, 0.05) is 12.6 Å². The molecule has 0 aromatic rings. The molecule has 1 aliphatic rings. The molecule has 1 saturated heterocycles. The number of ether oxygens (including phenoxy) is 1. The van der Waals surface area contributed by atoms with Gasteiger partial charge in [-0.15, -0.1) is 0 Å². The van der Waals surface area contributed by atoms with E-state index in [1.54, 1.807) is 0 Å². The maximum absolute atomic E-state index is 5.92. The molecule has 1 rings (SSSR count). The number of nitrogens with two attached hydrogens (primary N) is 1. The topological polar surface area (TPSA) is 35.2 Å². The van der Waals surface area contributed by atoms with Gasteiger partial charge in [-0.05, 0) is 25.2 Å². The average molecular weight is 157 g/mol.